The summed E-state index contributed by atoms with van der Waals surface area (Å²) in [5.41, 5.74) is -0.360. The minimum absolute atomic E-state index is 0.241. The molecule has 122 valence electrons. The van der Waals surface area contributed by atoms with Crippen LogP contribution < -0.4 is 10.2 Å². The normalized spacial score (nSPS) is 15.5. The van der Waals surface area contributed by atoms with Gasteiger partial charge >= 0.3 is 6.18 Å². The minimum atomic E-state index is -4.48. The third-order valence-electron chi connectivity index (χ3n) is 3.66. The van der Waals surface area contributed by atoms with E-state index in [4.69, 9.17) is 0 Å². The second-order valence-corrected chi connectivity index (χ2v) is 5.38. The highest BCUT2D eigenvalue weighted by molar-refractivity contribution is 5.56. The molecule has 23 heavy (non-hydrogen) atoms. The third kappa shape index (κ3) is 3.88. The molecule has 1 N–H and O–H groups in total. The molecule has 0 radical (unpaired) electrons. The van der Waals surface area contributed by atoms with E-state index in [1.165, 1.54) is 25.3 Å². The zero-order valence-corrected chi connectivity index (χ0v) is 12.3. The van der Waals surface area contributed by atoms with Gasteiger partial charge in [-0.15, -0.1) is 10.2 Å². The average molecular weight is 323 g/mol. The first-order valence-corrected chi connectivity index (χ1v) is 7.41. The maximum atomic E-state index is 12.4. The van der Waals surface area contributed by atoms with Crippen LogP contribution in [-0.2, 0) is 6.18 Å². The fourth-order valence-electron chi connectivity index (χ4n) is 2.47. The number of hydrogen-bond acceptors (Lipinski definition) is 5. The highest BCUT2D eigenvalue weighted by Crippen LogP contribution is 2.27. The summed E-state index contributed by atoms with van der Waals surface area (Å²) in [4.78, 5) is 6.62. The fraction of sp³-hybridized carbons (Fsp3) is 0.400. The van der Waals surface area contributed by atoms with Crippen molar-refractivity contribution in [3.05, 3.63) is 36.2 Å². The zero-order valence-electron chi connectivity index (χ0n) is 12.3. The van der Waals surface area contributed by atoms with Crippen LogP contribution in [0.2, 0.25) is 0 Å². The van der Waals surface area contributed by atoms with Crippen LogP contribution in [0.15, 0.2) is 30.5 Å². The molecule has 0 saturated carbocycles. The summed E-state index contributed by atoms with van der Waals surface area (Å²) in [6, 6.07) is 5.86. The van der Waals surface area contributed by atoms with Gasteiger partial charge in [0.15, 0.2) is 11.5 Å². The van der Waals surface area contributed by atoms with Crippen LogP contribution in [0.1, 0.15) is 25.0 Å². The van der Waals surface area contributed by atoms with E-state index >= 15 is 0 Å². The molecule has 0 aliphatic carbocycles. The number of nitrogens with zero attached hydrogens (tertiary/aromatic N) is 4. The SMILES string of the molecule is FC(F)(F)c1ccc(Nc2ccc(N3CCCCC3)nc2)nn1. The first-order valence-electron chi connectivity index (χ1n) is 7.41. The molecule has 0 unspecified atom stereocenters. The molecular weight excluding hydrogens is 307 g/mol. The number of alkyl halides is 3. The molecular formula is C15H16F3N5. The molecule has 2 aromatic heterocycles. The van der Waals surface area contributed by atoms with Crippen LogP contribution in [0.25, 0.3) is 0 Å². The molecule has 1 aliphatic rings. The first-order chi connectivity index (χ1) is 11.0. The van der Waals surface area contributed by atoms with Crippen molar-refractivity contribution in [2.24, 2.45) is 0 Å². The summed E-state index contributed by atoms with van der Waals surface area (Å²) in [5.74, 6) is 1.15. The second-order valence-electron chi connectivity index (χ2n) is 5.38. The van der Waals surface area contributed by atoms with Crippen molar-refractivity contribution in [3.63, 3.8) is 0 Å². The Bertz CT molecular complexity index is 634. The Kier molecular flexibility index (Phi) is 4.31. The lowest BCUT2D eigenvalue weighted by atomic mass is 10.1. The lowest BCUT2D eigenvalue weighted by molar-refractivity contribution is -0.141. The van der Waals surface area contributed by atoms with Crippen LogP contribution in [0.4, 0.5) is 30.5 Å². The molecule has 0 amide bonds. The number of nitrogens with one attached hydrogen (secondary N) is 1. The molecule has 8 heteroatoms. The van der Waals surface area contributed by atoms with Gasteiger partial charge in [-0.1, -0.05) is 0 Å². The Balaban J connectivity index is 1.66. The van der Waals surface area contributed by atoms with Gasteiger partial charge in [0, 0.05) is 13.1 Å². The predicted molar refractivity (Wildman–Crippen MR) is 80.6 cm³/mol. The van der Waals surface area contributed by atoms with Gasteiger partial charge in [-0.05, 0) is 43.5 Å². The molecule has 0 spiro atoms. The van der Waals surface area contributed by atoms with E-state index < -0.39 is 11.9 Å². The maximum absolute atomic E-state index is 12.4. The number of piperidine rings is 1. The molecule has 1 aliphatic heterocycles. The number of aromatic nitrogens is 3. The largest absolute Gasteiger partial charge is 0.435 e. The molecule has 1 saturated heterocycles. The zero-order chi connectivity index (χ0) is 16.3. The lowest BCUT2D eigenvalue weighted by Gasteiger charge is -2.27. The van der Waals surface area contributed by atoms with Crippen LogP contribution in [0, 0.1) is 0 Å². The second kappa shape index (κ2) is 6.39. The summed E-state index contributed by atoms with van der Waals surface area (Å²) in [7, 11) is 0. The molecule has 0 bridgehead atoms. The van der Waals surface area contributed by atoms with E-state index in [1.807, 2.05) is 12.1 Å². The Morgan fingerprint density at radius 2 is 1.74 bits per heavy atom. The summed E-state index contributed by atoms with van der Waals surface area (Å²) < 4.78 is 37.3. The Morgan fingerprint density at radius 3 is 2.30 bits per heavy atom. The van der Waals surface area contributed by atoms with Crippen molar-refractivity contribution >= 4 is 17.3 Å². The monoisotopic (exact) mass is 323 g/mol. The van der Waals surface area contributed by atoms with Gasteiger partial charge in [-0.2, -0.15) is 13.2 Å². The van der Waals surface area contributed by atoms with Crippen LogP contribution in [0.5, 0.6) is 0 Å². The summed E-state index contributed by atoms with van der Waals surface area (Å²) in [6.45, 7) is 2.01. The maximum Gasteiger partial charge on any atom is 0.435 e. The smallest absolute Gasteiger partial charge is 0.357 e. The van der Waals surface area contributed by atoms with E-state index in [1.54, 1.807) is 6.20 Å². The quantitative estimate of drug-likeness (QED) is 0.935. The highest BCUT2D eigenvalue weighted by Gasteiger charge is 2.32. The van der Waals surface area contributed by atoms with Gasteiger partial charge in [0.1, 0.15) is 5.82 Å². The minimum Gasteiger partial charge on any atom is -0.357 e. The molecule has 0 atom stereocenters. The van der Waals surface area contributed by atoms with Gasteiger partial charge in [0.05, 0.1) is 11.9 Å². The van der Waals surface area contributed by atoms with Crippen molar-refractivity contribution in [2.45, 2.75) is 25.4 Å². The van der Waals surface area contributed by atoms with Crippen molar-refractivity contribution in [1.82, 2.24) is 15.2 Å². The number of rotatable bonds is 3. The van der Waals surface area contributed by atoms with Crippen molar-refractivity contribution in [2.75, 3.05) is 23.3 Å². The number of halogens is 3. The molecule has 3 rings (SSSR count). The van der Waals surface area contributed by atoms with Gasteiger partial charge < -0.3 is 10.2 Å². The molecule has 0 aromatic carbocycles. The Hall–Kier alpha value is -2.38. The standard InChI is InChI=1S/C15H16F3N5/c16-15(17,18)12-5-6-13(22-21-12)20-11-4-7-14(19-10-11)23-8-2-1-3-9-23/h4-7,10H,1-3,8-9H2,(H,20,22). The molecule has 3 heterocycles. The van der Waals surface area contributed by atoms with Crippen molar-refractivity contribution < 1.29 is 13.2 Å². The lowest BCUT2D eigenvalue weighted by Crippen LogP contribution is -2.29. The number of anilines is 3. The van der Waals surface area contributed by atoms with Crippen LogP contribution >= 0.6 is 0 Å². The topological polar surface area (TPSA) is 53.9 Å². The van der Waals surface area contributed by atoms with Crippen molar-refractivity contribution in [1.29, 1.82) is 0 Å². The number of pyridine rings is 1. The first kappa shape index (κ1) is 15.5. The van der Waals surface area contributed by atoms with Gasteiger partial charge in [-0.25, -0.2) is 4.98 Å². The summed E-state index contributed by atoms with van der Waals surface area (Å²) in [5, 5.41) is 9.60. The molecule has 5 nitrogen and oxygen atoms in total. The summed E-state index contributed by atoms with van der Waals surface area (Å²) >= 11 is 0. The van der Waals surface area contributed by atoms with Crippen molar-refractivity contribution in [3.8, 4) is 0 Å². The van der Waals surface area contributed by atoms with Gasteiger partial charge in [0.2, 0.25) is 0 Å². The van der Waals surface area contributed by atoms with E-state index in [-0.39, 0.29) is 5.82 Å². The van der Waals surface area contributed by atoms with Crippen LogP contribution in [-0.4, -0.2) is 28.3 Å². The highest BCUT2D eigenvalue weighted by atomic mass is 19.4. The van der Waals surface area contributed by atoms with E-state index in [2.05, 4.69) is 25.4 Å². The van der Waals surface area contributed by atoms with Gasteiger partial charge in [0.25, 0.3) is 0 Å². The fourth-order valence-corrected chi connectivity index (χ4v) is 2.47. The van der Waals surface area contributed by atoms with Crippen LogP contribution in [0.3, 0.4) is 0 Å². The van der Waals surface area contributed by atoms with E-state index in [9.17, 15) is 13.2 Å². The summed E-state index contributed by atoms with van der Waals surface area (Å²) in [6.07, 6.45) is 0.751. The molecule has 1 fully saturated rings. The Labute approximate surface area is 131 Å². The average Bonchev–Trinajstić information content (AvgIpc) is 2.56. The third-order valence-corrected chi connectivity index (χ3v) is 3.66. The predicted octanol–water partition coefficient (Wildman–Crippen LogP) is 3.62. The van der Waals surface area contributed by atoms with E-state index in [0.717, 1.165) is 25.0 Å². The van der Waals surface area contributed by atoms with Gasteiger partial charge in [-0.3, -0.25) is 0 Å². The number of hydrogen-bond donors (Lipinski definition) is 1. The Morgan fingerprint density at radius 1 is 0.957 bits per heavy atom. The molecule has 2 aromatic rings. The van der Waals surface area contributed by atoms with E-state index in [0.29, 0.717) is 5.69 Å².